The van der Waals surface area contributed by atoms with Crippen LogP contribution in [-0.2, 0) is 16.7 Å². The molecule has 0 saturated heterocycles. The van der Waals surface area contributed by atoms with Crippen molar-refractivity contribution in [3.63, 3.8) is 0 Å². The molecule has 0 radical (unpaired) electrons. The molecule has 174 valence electrons. The molecule has 0 aliphatic carbocycles. The number of carbonyl (C=O) groups is 1. The third-order valence-electron chi connectivity index (χ3n) is 5.94. The van der Waals surface area contributed by atoms with Crippen LogP contribution in [0.5, 0.6) is 5.88 Å². The molecule has 0 saturated carbocycles. The van der Waals surface area contributed by atoms with Crippen LogP contribution in [0.3, 0.4) is 0 Å². The van der Waals surface area contributed by atoms with Gasteiger partial charge in [-0.2, -0.15) is 0 Å². The summed E-state index contributed by atoms with van der Waals surface area (Å²) in [5, 5.41) is 5.02. The number of pyridine rings is 3. The summed E-state index contributed by atoms with van der Waals surface area (Å²) in [6, 6.07) is 5.45. The summed E-state index contributed by atoms with van der Waals surface area (Å²) >= 11 is 0. The maximum absolute atomic E-state index is 12.3. The van der Waals surface area contributed by atoms with Crippen molar-refractivity contribution in [1.82, 2.24) is 15.0 Å². The molecule has 0 spiro atoms. The molecule has 0 bridgehead atoms. The van der Waals surface area contributed by atoms with E-state index in [0.29, 0.717) is 41.8 Å². The van der Waals surface area contributed by atoms with E-state index in [1.807, 2.05) is 26.8 Å². The summed E-state index contributed by atoms with van der Waals surface area (Å²) in [6.45, 7) is 10.4. The van der Waals surface area contributed by atoms with Gasteiger partial charge < -0.3 is 20.5 Å². The van der Waals surface area contributed by atoms with Crippen molar-refractivity contribution in [3.05, 3.63) is 47.4 Å². The number of nitrogens with one attached hydrogen (secondary N) is 1. The summed E-state index contributed by atoms with van der Waals surface area (Å²) in [4.78, 5) is 26.0. The molecule has 0 aromatic carbocycles. The number of nitrogens with two attached hydrogens (primary N) is 1. The Morgan fingerprint density at radius 3 is 2.70 bits per heavy atom. The van der Waals surface area contributed by atoms with Gasteiger partial charge in [-0.1, -0.05) is 13.8 Å². The van der Waals surface area contributed by atoms with Gasteiger partial charge in [0.1, 0.15) is 17.2 Å². The van der Waals surface area contributed by atoms with Crippen molar-refractivity contribution >= 4 is 28.4 Å². The molecule has 3 aromatic rings. The van der Waals surface area contributed by atoms with Gasteiger partial charge in [-0.3, -0.25) is 0 Å². The maximum atomic E-state index is 12.3. The Hall–Kier alpha value is -3.26. The number of aromatic nitrogens is 3. The zero-order valence-corrected chi connectivity index (χ0v) is 19.9. The third kappa shape index (κ3) is 4.61. The van der Waals surface area contributed by atoms with E-state index in [-0.39, 0.29) is 5.97 Å². The number of ether oxygens (including phenoxy) is 2. The lowest BCUT2D eigenvalue weighted by Crippen LogP contribution is -2.36. The van der Waals surface area contributed by atoms with Gasteiger partial charge >= 0.3 is 5.97 Å². The first kappa shape index (κ1) is 22.9. The Kier molecular flexibility index (Phi) is 5.97. The maximum Gasteiger partial charge on any atom is 0.340 e. The van der Waals surface area contributed by atoms with Crippen molar-refractivity contribution in [2.24, 2.45) is 5.73 Å². The Morgan fingerprint density at radius 1 is 1.18 bits per heavy atom. The second-order valence-corrected chi connectivity index (χ2v) is 9.35. The summed E-state index contributed by atoms with van der Waals surface area (Å²) < 4.78 is 11.3. The second kappa shape index (κ2) is 8.59. The van der Waals surface area contributed by atoms with Gasteiger partial charge in [-0.25, -0.2) is 19.7 Å². The van der Waals surface area contributed by atoms with Gasteiger partial charge in [0, 0.05) is 24.4 Å². The first-order chi connectivity index (χ1) is 15.6. The van der Waals surface area contributed by atoms with E-state index >= 15 is 0 Å². The first-order valence-corrected chi connectivity index (χ1v) is 11.3. The van der Waals surface area contributed by atoms with Crippen molar-refractivity contribution in [2.45, 2.75) is 65.0 Å². The normalized spacial score (nSPS) is 16.6. The van der Waals surface area contributed by atoms with Crippen LogP contribution in [0.15, 0.2) is 30.6 Å². The van der Waals surface area contributed by atoms with Crippen LogP contribution in [0, 0.1) is 0 Å². The molecule has 8 nitrogen and oxygen atoms in total. The van der Waals surface area contributed by atoms with Crippen LogP contribution in [0.2, 0.25) is 0 Å². The third-order valence-corrected chi connectivity index (χ3v) is 5.94. The molecule has 3 aromatic heterocycles. The van der Waals surface area contributed by atoms with Gasteiger partial charge in [-0.15, -0.1) is 0 Å². The number of hydrogen-bond acceptors (Lipinski definition) is 8. The lowest BCUT2D eigenvalue weighted by molar-refractivity contribution is -0.00714. The van der Waals surface area contributed by atoms with E-state index in [2.05, 4.69) is 34.1 Å². The monoisotopic (exact) mass is 449 g/mol. The number of hydrogen-bond donors (Lipinski definition) is 2. The SMILES string of the molecule is CCCOc1ncc(C(C)(N)CC)c2cc(Nc3ccc4c(n3)CC(C)(C)OC4=O)ncc12. The standard InChI is InChI=1S/C25H31N5O3/c1-6-10-32-22-17-13-27-21(11-16(17)18(14-28-22)25(5,26)7-2)30-20-9-8-15-19(29-20)12-24(3,4)33-23(15)31/h8-9,11,13-14H,6-7,10,12,26H2,1-5H3,(H,27,29,30). The minimum absolute atomic E-state index is 0.345. The molecule has 1 aliphatic rings. The zero-order valence-electron chi connectivity index (χ0n) is 19.9. The van der Waals surface area contributed by atoms with E-state index in [4.69, 9.17) is 15.2 Å². The highest BCUT2D eigenvalue weighted by Crippen LogP contribution is 2.34. The summed E-state index contributed by atoms with van der Waals surface area (Å²) in [5.74, 6) is 1.43. The van der Waals surface area contributed by atoms with E-state index in [9.17, 15) is 4.79 Å². The van der Waals surface area contributed by atoms with E-state index < -0.39 is 11.1 Å². The zero-order chi connectivity index (χ0) is 23.8. The minimum atomic E-state index is -0.584. The second-order valence-electron chi connectivity index (χ2n) is 9.35. The fourth-order valence-corrected chi connectivity index (χ4v) is 3.91. The lowest BCUT2D eigenvalue weighted by atomic mass is 9.88. The molecule has 0 amide bonds. The molecule has 8 heteroatoms. The highest BCUT2D eigenvalue weighted by Gasteiger charge is 2.33. The molecular formula is C25H31N5O3. The molecule has 33 heavy (non-hydrogen) atoms. The number of esters is 1. The predicted molar refractivity (Wildman–Crippen MR) is 128 cm³/mol. The van der Waals surface area contributed by atoms with Crippen molar-refractivity contribution in [3.8, 4) is 5.88 Å². The number of fused-ring (bicyclic) bond motifs is 2. The predicted octanol–water partition coefficient (Wildman–Crippen LogP) is 4.63. The van der Waals surface area contributed by atoms with Gasteiger partial charge in [-0.05, 0) is 62.8 Å². The quantitative estimate of drug-likeness (QED) is 0.502. The fraction of sp³-hybridized carbons (Fsp3) is 0.440. The number of rotatable bonds is 7. The van der Waals surface area contributed by atoms with Crippen molar-refractivity contribution in [1.29, 1.82) is 0 Å². The van der Waals surface area contributed by atoms with Gasteiger partial charge in [0.25, 0.3) is 0 Å². The van der Waals surface area contributed by atoms with Crippen LogP contribution in [-0.4, -0.2) is 33.1 Å². The summed E-state index contributed by atoms with van der Waals surface area (Å²) in [5.41, 5.74) is 7.60. The number of cyclic esters (lactones) is 1. The Labute approximate surface area is 193 Å². The number of anilines is 2. The van der Waals surface area contributed by atoms with E-state index in [1.54, 1.807) is 24.5 Å². The van der Waals surface area contributed by atoms with Crippen LogP contribution in [0.1, 0.15) is 69.1 Å². The molecule has 4 rings (SSSR count). The topological polar surface area (TPSA) is 112 Å². The molecular weight excluding hydrogens is 418 g/mol. The molecule has 1 atom stereocenters. The number of carbonyl (C=O) groups excluding carboxylic acids is 1. The Balaban J connectivity index is 1.73. The van der Waals surface area contributed by atoms with E-state index in [1.165, 1.54) is 0 Å². The van der Waals surface area contributed by atoms with Gasteiger partial charge in [0.05, 0.1) is 23.3 Å². The highest BCUT2D eigenvalue weighted by atomic mass is 16.6. The molecule has 1 aliphatic heterocycles. The molecule has 0 fully saturated rings. The largest absolute Gasteiger partial charge is 0.477 e. The van der Waals surface area contributed by atoms with Crippen LogP contribution >= 0.6 is 0 Å². The van der Waals surface area contributed by atoms with E-state index in [0.717, 1.165) is 29.2 Å². The minimum Gasteiger partial charge on any atom is -0.477 e. The smallest absolute Gasteiger partial charge is 0.340 e. The Morgan fingerprint density at radius 2 is 1.97 bits per heavy atom. The summed E-state index contributed by atoms with van der Waals surface area (Å²) in [7, 11) is 0. The van der Waals surface area contributed by atoms with Crippen LogP contribution < -0.4 is 15.8 Å². The molecule has 3 N–H and O–H groups in total. The van der Waals surface area contributed by atoms with Gasteiger partial charge in [0.15, 0.2) is 0 Å². The fourth-order valence-electron chi connectivity index (χ4n) is 3.91. The van der Waals surface area contributed by atoms with Crippen LogP contribution in [0.4, 0.5) is 11.6 Å². The average Bonchev–Trinajstić information content (AvgIpc) is 2.76. The first-order valence-electron chi connectivity index (χ1n) is 11.3. The van der Waals surface area contributed by atoms with Crippen molar-refractivity contribution in [2.75, 3.05) is 11.9 Å². The molecule has 4 heterocycles. The number of nitrogens with zero attached hydrogens (tertiary/aromatic N) is 3. The summed E-state index contributed by atoms with van der Waals surface area (Å²) in [6.07, 6.45) is 5.73. The van der Waals surface area contributed by atoms with Gasteiger partial charge in [0.2, 0.25) is 5.88 Å². The van der Waals surface area contributed by atoms with Crippen LogP contribution in [0.25, 0.3) is 10.8 Å². The highest BCUT2D eigenvalue weighted by molar-refractivity contribution is 5.93. The molecule has 1 unspecified atom stereocenters. The van der Waals surface area contributed by atoms with Crippen molar-refractivity contribution < 1.29 is 14.3 Å². The Bertz CT molecular complexity index is 1210. The average molecular weight is 450 g/mol. The lowest BCUT2D eigenvalue weighted by Gasteiger charge is -2.30.